The molecule has 0 saturated carbocycles. The molecular weight excluding hydrogens is 164 g/mol. The fourth-order valence-corrected chi connectivity index (χ4v) is 0. The number of nitrogens with one attached hydrogen (secondary N) is 1. The molecule has 0 aromatic rings. The Balaban J connectivity index is 0. The van der Waals surface area contributed by atoms with E-state index in [2.05, 4.69) is 25.8 Å². The van der Waals surface area contributed by atoms with Gasteiger partial charge in [-0.15, -0.1) is 0 Å². The van der Waals surface area contributed by atoms with Crippen LogP contribution in [0.4, 0.5) is 0 Å². The molecular formula is HCl2CuNO. The maximum absolute atomic E-state index is 7.50. The van der Waals surface area contributed by atoms with E-state index in [-0.39, 0.29) is 0 Å². The predicted octanol–water partition coefficient (Wildman–Crippen LogP) is 1.71. The zero-order valence-corrected chi connectivity index (χ0v) is 4.42. The van der Waals surface area contributed by atoms with Crippen LogP contribution in [-0.2, 0) is 13.1 Å². The topological polar surface area (TPSA) is 40.9 Å². The quantitative estimate of drug-likeness (QED) is 0.431. The van der Waals surface area contributed by atoms with Gasteiger partial charge in [-0.25, -0.2) is 0 Å². The van der Waals surface area contributed by atoms with Crippen LogP contribution in [0.2, 0.25) is 0 Å². The van der Waals surface area contributed by atoms with Crippen LogP contribution in [0.5, 0.6) is 0 Å². The van der Waals surface area contributed by atoms with Crippen molar-refractivity contribution in [3.8, 4) is 0 Å². The Bertz CT molecular complexity index is 13.6. The molecule has 5 heteroatoms. The van der Waals surface area contributed by atoms with Gasteiger partial charge in [0.2, 0.25) is 0 Å². The zero-order valence-electron chi connectivity index (χ0n) is 1.97. The molecule has 0 unspecified atom stereocenters. The van der Waals surface area contributed by atoms with Gasteiger partial charge in [-0.3, -0.25) is 0 Å². The van der Waals surface area contributed by atoms with E-state index in [0.717, 1.165) is 13.1 Å². The van der Waals surface area contributed by atoms with Gasteiger partial charge in [-0.2, -0.15) is 4.91 Å². The second-order valence-corrected chi connectivity index (χ2v) is 1.60. The van der Waals surface area contributed by atoms with Crippen LogP contribution in [0, 0.1) is 10.5 Å². The minimum atomic E-state index is 0.757. The Kier molecular flexibility index (Phi) is 41.0. The first-order valence-electron chi connectivity index (χ1n) is 0.432. The molecule has 0 atom stereocenters. The summed E-state index contributed by atoms with van der Waals surface area (Å²) in [5.41, 5.74) is 4.50. The van der Waals surface area contributed by atoms with Gasteiger partial charge in [0.15, 0.2) is 0 Å². The Morgan fingerprint density at radius 1 is 1.40 bits per heavy atom. The molecule has 5 heavy (non-hydrogen) atoms. The van der Waals surface area contributed by atoms with E-state index in [1.807, 2.05) is 0 Å². The molecule has 0 aromatic heterocycles. The molecule has 0 aliphatic carbocycles. The fourth-order valence-electron chi connectivity index (χ4n) is 0. The Morgan fingerprint density at radius 3 is 1.40 bits per heavy atom. The summed E-state index contributed by atoms with van der Waals surface area (Å²) in [6.45, 7) is 0. The SMILES string of the molecule is N=O.[Cl][Cu][Cl]. The standard InChI is InChI=1S/2ClH.Cu.HNO/c;;;1-2/h2*1H;;1H/q;;+2;/p-2. The van der Waals surface area contributed by atoms with Crippen LogP contribution in [0.15, 0.2) is 0 Å². The van der Waals surface area contributed by atoms with Crippen LogP contribution in [0.25, 0.3) is 0 Å². The summed E-state index contributed by atoms with van der Waals surface area (Å²) in [6.07, 6.45) is 0. The Hall–Kier alpha value is 0.699. The monoisotopic (exact) mass is 164 g/mol. The van der Waals surface area contributed by atoms with Crippen molar-refractivity contribution in [1.82, 2.24) is 0 Å². The van der Waals surface area contributed by atoms with E-state index >= 15 is 0 Å². The van der Waals surface area contributed by atoms with Crippen molar-refractivity contribution in [2.24, 2.45) is 0 Å². The van der Waals surface area contributed by atoms with Crippen molar-refractivity contribution >= 4 is 20.2 Å². The van der Waals surface area contributed by atoms with E-state index in [1.54, 1.807) is 0 Å². The maximum atomic E-state index is 7.50. The summed E-state index contributed by atoms with van der Waals surface area (Å²) < 4.78 is 0. The molecule has 0 aromatic carbocycles. The van der Waals surface area contributed by atoms with E-state index in [1.165, 1.54) is 0 Å². The van der Waals surface area contributed by atoms with E-state index in [0.29, 0.717) is 0 Å². The number of nitroso groups, excluding NO2 is 1. The molecule has 2 nitrogen and oxygen atoms in total. The van der Waals surface area contributed by atoms with E-state index in [9.17, 15) is 0 Å². The average molecular weight is 165 g/mol. The molecule has 0 saturated heterocycles. The van der Waals surface area contributed by atoms with Crippen LogP contribution in [0.1, 0.15) is 0 Å². The van der Waals surface area contributed by atoms with E-state index < -0.39 is 0 Å². The number of rotatable bonds is 0. The summed E-state index contributed by atoms with van der Waals surface area (Å²) in [7, 11) is 9.34. The molecule has 0 bridgehead atoms. The van der Waals surface area contributed by atoms with Gasteiger partial charge in [0.25, 0.3) is 0 Å². The number of hydrogen-bond donors (Lipinski definition) is 1. The van der Waals surface area contributed by atoms with E-state index in [4.69, 9.17) is 4.91 Å². The normalized spacial score (nSPS) is 5.20. The Morgan fingerprint density at radius 2 is 1.40 bits per heavy atom. The Labute approximate surface area is 44.2 Å². The van der Waals surface area contributed by atoms with Gasteiger partial charge >= 0.3 is 33.3 Å². The van der Waals surface area contributed by atoms with Gasteiger partial charge in [0, 0.05) is 0 Å². The van der Waals surface area contributed by atoms with Crippen molar-refractivity contribution in [3.05, 3.63) is 4.91 Å². The van der Waals surface area contributed by atoms with Crippen LogP contribution < -0.4 is 0 Å². The second-order valence-electron chi connectivity index (χ2n) is 0.0431. The first kappa shape index (κ1) is 9.20. The molecule has 0 heterocycles. The van der Waals surface area contributed by atoms with Crippen molar-refractivity contribution in [3.63, 3.8) is 0 Å². The summed E-state index contributed by atoms with van der Waals surface area (Å²) >= 11 is 0.757. The van der Waals surface area contributed by atoms with Crippen LogP contribution >= 0.6 is 20.2 Å². The van der Waals surface area contributed by atoms with Crippen molar-refractivity contribution in [2.75, 3.05) is 0 Å². The molecule has 0 aliphatic heterocycles. The molecule has 0 amide bonds. The molecule has 0 fully saturated rings. The minimum absolute atomic E-state index is 0.757. The van der Waals surface area contributed by atoms with Crippen molar-refractivity contribution in [2.45, 2.75) is 0 Å². The predicted molar refractivity (Wildman–Crippen MR) is 17.8 cm³/mol. The van der Waals surface area contributed by atoms with Gasteiger partial charge in [-0.05, 0) is 0 Å². The van der Waals surface area contributed by atoms with Gasteiger partial charge in [0.1, 0.15) is 0 Å². The first-order chi connectivity index (χ1) is 2.41. The molecule has 0 radical (unpaired) electrons. The van der Waals surface area contributed by atoms with Gasteiger partial charge < -0.3 is 0 Å². The third kappa shape index (κ3) is 70.0. The average Bonchev–Trinajstić information content (AvgIpc) is 1.46. The van der Waals surface area contributed by atoms with Crippen LogP contribution in [0.3, 0.4) is 0 Å². The first-order valence-corrected chi connectivity index (χ1v) is 3.02. The van der Waals surface area contributed by atoms with Crippen molar-refractivity contribution in [1.29, 1.82) is 5.59 Å². The van der Waals surface area contributed by atoms with Crippen molar-refractivity contribution < 1.29 is 13.1 Å². The third-order valence-electron chi connectivity index (χ3n) is 0. The fraction of sp³-hybridized carbons (Fsp3) is 0. The number of hydrogen-bond acceptors (Lipinski definition) is 2. The number of halogens is 2. The molecule has 0 aliphatic rings. The summed E-state index contributed by atoms with van der Waals surface area (Å²) in [6, 6.07) is 0. The van der Waals surface area contributed by atoms with Crippen LogP contribution in [-0.4, -0.2) is 0 Å². The summed E-state index contributed by atoms with van der Waals surface area (Å²) in [5.74, 6) is 0. The molecule has 0 rings (SSSR count). The van der Waals surface area contributed by atoms with Gasteiger partial charge in [0.05, 0.1) is 0 Å². The van der Waals surface area contributed by atoms with Gasteiger partial charge in [-0.1, -0.05) is 5.59 Å². The molecule has 1 N–H and O–H groups in total. The zero-order chi connectivity index (χ0) is 4.71. The summed E-state index contributed by atoms with van der Waals surface area (Å²) in [5, 5.41) is 0. The molecule has 0 spiro atoms. The third-order valence-corrected chi connectivity index (χ3v) is 0. The summed E-state index contributed by atoms with van der Waals surface area (Å²) in [4.78, 5) is 7.50. The molecule has 37 valence electrons. The second kappa shape index (κ2) is 22.3.